The number of aromatic hydroxyl groups is 1. The highest BCUT2D eigenvalue weighted by atomic mass is 35.5. The van der Waals surface area contributed by atoms with Crippen molar-refractivity contribution in [3.05, 3.63) is 53.3 Å². The van der Waals surface area contributed by atoms with E-state index in [1.165, 1.54) is 19.3 Å². The normalized spacial score (nSPS) is 26.9. The van der Waals surface area contributed by atoms with Gasteiger partial charge in [0.25, 0.3) is 0 Å². The van der Waals surface area contributed by atoms with Gasteiger partial charge in [0.1, 0.15) is 17.1 Å². The first kappa shape index (κ1) is 29.9. The molecule has 5 saturated heterocycles. The van der Waals surface area contributed by atoms with Crippen LogP contribution in [0.5, 0.6) is 11.8 Å². The fourth-order valence-corrected chi connectivity index (χ4v) is 9.26. The largest absolute Gasteiger partial charge is 0.508 e. The number of piperazine rings is 1. The summed E-state index contributed by atoms with van der Waals surface area (Å²) in [6.07, 6.45) is 9.07. The molecule has 4 unspecified atom stereocenters. The van der Waals surface area contributed by atoms with Crippen molar-refractivity contribution in [2.75, 3.05) is 44.4 Å². The molecule has 1 saturated carbocycles. The number of nitrogens with one attached hydrogen (secondary N) is 1. The van der Waals surface area contributed by atoms with Crippen LogP contribution in [-0.4, -0.2) is 83.6 Å². The number of benzene rings is 3. The lowest BCUT2D eigenvalue weighted by Crippen LogP contribution is -2.55. The van der Waals surface area contributed by atoms with Crippen molar-refractivity contribution in [3.63, 3.8) is 0 Å². The molecule has 6 heterocycles. The predicted octanol–water partition coefficient (Wildman–Crippen LogP) is 6.69. The molecule has 6 fully saturated rings. The van der Waals surface area contributed by atoms with Gasteiger partial charge in [-0.2, -0.15) is 9.97 Å². The molecule has 10 rings (SSSR count). The quantitative estimate of drug-likeness (QED) is 0.228. The van der Waals surface area contributed by atoms with Crippen molar-refractivity contribution in [3.8, 4) is 22.9 Å². The molecule has 4 aromatic rings. The SMILES string of the molecule is Oc1cc(-c2c(Cl)cc3c(N4CC5CCCC4CN5)nc(OCC4(CN5C6CCC5COC6)CCC4)nc3c2F)c2ccccc2c1. The Kier molecular flexibility index (Phi) is 7.45. The second kappa shape index (κ2) is 11.7. The molecule has 246 valence electrons. The van der Waals surface area contributed by atoms with Crippen molar-refractivity contribution < 1.29 is 19.0 Å². The average molecular weight is 658 g/mol. The summed E-state index contributed by atoms with van der Waals surface area (Å²) < 4.78 is 29.5. The number of phenolic OH excluding ortho intramolecular Hbond substituents is 1. The molecule has 5 aliphatic heterocycles. The van der Waals surface area contributed by atoms with E-state index >= 15 is 4.39 Å². The van der Waals surface area contributed by atoms with Crippen LogP contribution >= 0.6 is 11.6 Å². The first-order valence-electron chi connectivity index (χ1n) is 17.3. The lowest BCUT2D eigenvalue weighted by molar-refractivity contribution is -0.0612. The first-order chi connectivity index (χ1) is 22.9. The van der Waals surface area contributed by atoms with Crippen LogP contribution in [0.15, 0.2) is 42.5 Å². The number of nitrogens with zero attached hydrogens (tertiary/aromatic N) is 4. The Balaban J connectivity index is 1.13. The molecule has 47 heavy (non-hydrogen) atoms. The van der Waals surface area contributed by atoms with Gasteiger partial charge in [-0.25, -0.2) is 4.39 Å². The summed E-state index contributed by atoms with van der Waals surface area (Å²) in [7, 11) is 0. The molecular weight excluding hydrogens is 617 g/mol. The van der Waals surface area contributed by atoms with Crippen molar-refractivity contribution in [1.29, 1.82) is 0 Å². The number of hydrogen-bond donors (Lipinski definition) is 2. The van der Waals surface area contributed by atoms with Gasteiger partial charge in [-0.15, -0.1) is 0 Å². The molecule has 1 aromatic heterocycles. The van der Waals surface area contributed by atoms with Gasteiger partial charge in [-0.05, 0) is 79.5 Å². The van der Waals surface area contributed by atoms with Gasteiger partial charge in [-0.1, -0.05) is 42.3 Å². The molecule has 4 bridgehead atoms. The van der Waals surface area contributed by atoms with Gasteiger partial charge >= 0.3 is 6.01 Å². The number of rotatable bonds is 7. The van der Waals surface area contributed by atoms with Gasteiger partial charge in [-0.3, -0.25) is 4.90 Å². The van der Waals surface area contributed by atoms with Crippen molar-refractivity contribution in [2.45, 2.75) is 75.5 Å². The molecule has 8 nitrogen and oxygen atoms in total. The maximum absolute atomic E-state index is 17.1. The maximum Gasteiger partial charge on any atom is 0.319 e. The topological polar surface area (TPSA) is 83.0 Å². The third kappa shape index (κ3) is 5.21. The molecule has 3 aromatic carbocycles. The summed E-state index contributed by atoms with van der Waals surface area (Å²) in [5.74, 6) is 0.206. The van der Waals surface area contributed by atoms with Crippen LogP contribution in [0.4, 0.5) is 10.2 Å². The lowest BCUT2D eigenvalue weighted by atomic mass is 9.69. The highest BCUT2D eigenvalue weighted by Gasteiger charge is 2.46. The second-order valence-electron chi connectivity index (χ2n) is 14.6. The number of fused-ring (bicyclic) bond motifs is 8. The Labute approximate surface area is 279 Å². The van der Waals surface area contributed by atoms with E-state index in [-0.39, 0.29) is 39.3 Å². The Morgan fingerprint density at radius 2 is 1.83 bits per heavy atom. The fraction of sp³-hybridized carbons (Fsp3) is 0.514. The predicted molar refractivity (Wildman–Crippen MR) is 182 cm³/mol. The van der Waals surface area contributed by atoms with Crippen molar-refractivity contribution in [1.82, 2.24) is 20.2 Å². The van der Waals surface area contributed by atoms with Crippen LogP contribution < -0.4 is 15.0 Å². The third-order valence-electron chi connectivity index (χ3n) is 11.7. The molecule has 0 amide bonds. The van der Waals surface area contributed by atoms with E-state index in [1.54, 1.807) is 18.2 Å². The summed E-state index contributed by atoms with van der Waals surface area (Å²) in [6, 6.07) is 14.5. The number of anilines is 1. The number of phenols is 1. The molecule has 1 aliphatic carbocycles. The van der Waals surface area contributed by atoms with Crippen molar-refractivity contribution >= 4 is 39.1 Å². The van der Waals surface area contributed by atoms with E-state index in [4.69, 9.17) is 31.0 Å². The lowest BCUT2D eigenvalue weighted by Gasteiger charge is -2.47. The Morgan fingerprint density at radius 1 is 1.00 bits per heavy atom. The Bertz CT molecular complexity index is 1830. The molecule has 2 N–H and O–H groups in total. The molecule has 6 aliphatic rings. The zero-order chi connectivity index (χ0) is 31.7. The average Bonchev–Trinajstić information content (AvgIpc) is 3.30. The van der Waals surface area contributed by atoms with Crippen LogP contribution in [-0.2, 0) is 4.74 Å². The maximum atomic E-state index is 17.1. The van der Waals surface area contributed by atoms with Gasteiger partial charge < -0.3 is 24.8 Å². The number of hydrogen-bond acceptors (Lipinski definition) is 8. The van der Waals surface area contributed by atoms with Crippen molar-refractivity contribution in [2.24, 2.45) is 5.41 Å². The summed E-state index contributed by atoms with van der Waals surface area (Å²) in [5.41, 5.74) is 0.976. The first-order valence-corrected chi connectivity index (χ1v) is 17.7. The summed E-state index contributed by atoms with van der Waals surface area (Å²) in [6.45, 7) is 4.78. The van der Waals surface area contributed by atoms with Crippen LogP contribution in [0.1, 0.15) is 51.4 Å². The van der Waals surface area contributed by atoms with Gasteiger partial charge in [0.2, 0.25) is 0 Å². The van der Waals surface area contributed by atoms with E-state index in [1.807, 2.05) is 24.3 Å². The third-order valence-corrected chi connectivity index (χ3v) is 11.9. The van der Waals surface area contributed by atoms with Crippen LogP contribution in [0.25, 0.3) is 32.8 Å². The van der Waals surface area contributed by atoms with E-state index in [0.29, 0.717) is 41.5 Å². The number of ether oxygens (including phenoxy) is 2. The van der Waals surface area contributed by atoms with Gasteiger partial charge in [0.05, 0.1) is 24.8 Å². The second-order valence-corrected chi connectivity index (χ2v) is 15.0. The van der Waals surface area contributed by atoms with E-state index in [9.17, 15) is 5.11 Å². The van der Waals surface area contributed by atoms with E-state index in [0.717, 1.165) is 75.7 Å². The highest BCUT2D eigenvalue weighted by Crippen LogP contribution is 2.46. The molecule has 0 radical (unpaired) electrons. The zero-order valence-corrected chi connectivity index (χ0v) is 27.3. The number of halogens is 2. The molecule has 0 spiro atoms. The Morgan fingerprint density at radius 3 is 2.64 bits per heavy atom. The van der Waals surface area contributed by atoms with E-state index in [2.05, 4.69) is 15.1 Å². The minimum atomic E-state index is -0.530. The highest BCUT2D eigenvalue weighted by molar-refractivity contribution is 6.35. The standard InChI is InChI=1S/C37H41ClFN5O3/c38-31-15-30-34(33(39)32(31)29-14-27(45)13-22-5-1-2-8-28(22)29)41-36(42-35(30)43-17-23-6-3-7-24(43)16-40-23)47-21-37(11-4-12-37)20-44-25-9-10-26(44)19-46-18-25/h1-2,5,8,13-15,23-26,40,45H,3-4,6-7,9-12,16-21H2. The zero-order valence-electron chi connectivity index (χ0n) is 26.6. The summed E-state index contributed by atoms with van der Waals surface area (Å²) >= 11 is 6.97. The number of aromatic nitrogens is 2. The summed E-state index contributed by atoms with van der Waals surface area (Å²) in [4.78, 5) is 14.8. The smallest absolute Gasteiger partial charge is 0.319 e. The Hall–Kier alpha value is -3.24. The molecular formula is C37H41ClFN5O3. The van der Waals surface area contributed by atoms with Crippen LogP contribution in [0.2, 0.25) is 5.02 Å². The van der Waals surface area contributed by atoms with E-state index < -0.39 is 5.82 Å². The van der Waals surface area contributed by atoms with Crippen LogP contribution in [0.3, 0.4) is 0 Å². The monoisotopic (exact) mass is 657 g/mol. The van der Waals surface area contributed by atoms with Gasteiger partial charge in [0, 0.05) is 60.2 Å². The van der Waals surface area contributed by atoms with Gasteiger partial charge in [0.15, 0.2) is 5.82 Å². The number of morpholine rings is 1. The fourth-order valence-electron chi connectivity index (χ4n) is 8.97. The minimum Gasteiger partial charge on any atom is -0.508 e. The molecule has 4 atom stereocenters. The van der Waals surface area contributed by atoms with Crippen LogP contribution in [0, 0.1) is 11.2 Å². The minimum absolute atomic E-state index is 0.0342. The molecule has 10 heteroatoms. The summed E-state index contributed by atoms with van der Waals surface area (Å²) in [5, 5.41) is 16.7.